The first kappa shape index (κ1) is 12.7. The molecule has 1 aliphatic heterocycles. The smallest absolute Gasteiger partial charge is 0.257 e. The Bertz CT molecular complexity index is 580. The number of ether oxygens (including phenoxy) is 1. The Morgan fingerprint density at radius 1 is 1.10 bits per heavy atom. The molecule has 2 aromatic rings. The second-order valence-corrected chi connectivity index (χ2v) is 4.44. The normalized spacial score (nSPS) is 15.1. The van der Waals surface area contributed by atoms with Crippen LogP contribution in [-0.2, 0) is 4.74 Å². The molecule has 6 heteroatoms. The van der Waals surface area contributed by atoms with Gasteiger partial charge in [0.15, 0.2) is 5.82 Å². The average Bonchev–Trinajstić information content (AvgIpc) is 2.56. The molecule has 0 radical (unpaired) electrons. The first-order valence-electron chi connectivity index (χ1n) is 6.44. The van der Waals surface area contributed by atoms with Crippen molar-refractivity contribution in [2.75, 3.05) is 26.3 Å². The summed E-state index contributed by atoms with van der Waals surface area (Å²) in [7, 11) is 0. The molecule has 0 bridgehead atoms. The number of nitrogens with zero attached hydrogens (tertiary/aromatic N) is 4. The predicted molar refractivity (Wildman–Crippen MR) is 72.0 cm³/mol. The molecule has 1 aliphatic rings. The number of aromatic nitrogens is 3. The Balaban J connectivity index is 1.77. The molecule has 1 amide bonds. The highest BCUT2D eigenvalue weighted by Crippen LogP contribution is 2.13. The van der Waals surface area contributed by atoms with Gasteiger partial charge in [0.1, 0.15) is 0 Å². The molecular formula is C14H14N4O2. The zero-order chi connectivity index (χ0) is 13.8. The van der Waals surface area contributed by atoms with Crippen molar-refractivity contribution in [3.63, 3.8) is 0 Å². The van der Waals surface area contributed by atoms with Crippen molar-refractivity contribution in [1.82, 2.24) is 19.9 Å². The summed E-state index contributed by atoms with van der Waals surface area (Å²) in [5, 5.41) is 0. The molecule has 102 valence electrons. The van der Waals surface area contributed by atoms with Crippen LogP contribution in [0.15, 0.2) is 36.9 Å². The van der Waals surface area contributed by atoms with E-state index < -0.39 is 0 Å². The van der Waals surface area contributed by atoms with Gasteiger partial charge in [-0.1, -0.05) is 0 Å². The van der Waals surface area contributed by atoms with Crippen LogP contribution in [-0.4, -0.2) is 52.1 Å². The van der Waals surface area contributed by atoms with Gasteiger partial charge in [-0.3, -0.25) is 9.78 Å². The van der Waals surface area contributed by atoms with Gasteiger partial charge in [0.05, 0.1) is 18.8 Å². The fraction of sp³-hybridized carbons (Fsp3) is 0.286. The van der Waals surface area contributed by atoms with Crippen molar-refractivity contribution in [3.05, 3.63) is 42.5 Å². The van der Waals surface area contributed by atoms with E-state index in [1.165, 1.54) is 0 Å². The lowest BCUT2D eigenvalue weighted by molar-refractivity contribution is 0.0302. The lowest BCUT2D eigenvalue weighted by Gasteiger charge is -2.26. The van der Waals surface area contributed by atoms with E-state index in [0.717, 1.165) is 5.56 Å². The first-order chi connectivity index (χ1) is 9.84. The summed E-state index contributed by atoms with van der Waals surface area (Å²) >= 11 is 0. The second kappa shape index (κ2) is 5.75. The predicted octanol–water partition coefficient (Wildman–Crippen LogP) is 1.01. The molecule has 2 aromatic heterocycles. The van der Waals surface area contributed by atoms with Crippen LogP contribution in [0.25, 0.3) is 11.4 Å². The van der Waals surface area contributed by atoms with Gasteiger partial charge in [-0.15, -0.1) is 0 Å². The van der Waals surface area contributed by atoms with Crippen molar-refractivity contribution in [2.45, 2.75) is 0 Å². The monoisotopic (exact) mass is 270 g/mol. The lowest BCUT2D eigenvalue weighted by Crippen LogP contribution is -2.40. The number of amides is 1. The van der Waals surface area contributed by atoms with Crippen LogP contribution >= 0.6 is 0 Å². The van der Waals surface area contributed by atoms with Crippen molar-refractivity contribution in [1.29, 1.82) is 0 Å². The van der Waals surface area contributed by atoms with Gasteiger partial charge in [-0.2, -0.15) is 0 Å². The Morgan fingerprint density at radius 2 is 1.75 bits per heavy atom. The standard InChI is InChI=1S/C14H14N4O2/c19-14(18-5-7-20-8-6-18)12-9-16-13(17-10-12)11-1-3-15-4-2-11/h1-4,9-10H,5-8H2. The molecule has 0 unspecified atom stereocenters. The van der Waals surface area contributed by atoms with Gasteiger partial charge >= 0.3 is 0 Å². The van der Waals surface area contributed by atoms with Crippen molar-refractivity contribution >= 4 is 5.91 Å². The van der Waals surface area contributed by atoms with E-state index in [9.17, 15) is 4.79 Å². The fourth-order valence-electron chi connectivity index (χ4n) is 2.04. The maximum absolute atomic E-state index is 12.2. The third-order valence-corrected chi connectivity index (χ3v) is 3.14. The fourth-order valence-corrected chi connectivity index (χ4v) is 2.04. The number of carbonyl (C=O) groups excluding carboxylic acids is 1. The van der Waals surface area contributed by atoms with Crippen LogP contribution in [0, 0.1) is 0 Å². The maximum Gasteiger partial charge on any atom is 0.257 e. The minimum Gasteiger partial charge on any atom is -0.378 e. The summed E-state index contributed by atoms with van der Waals surface area (Å²) in [6, 6.07) is 3.66. The Morgan fingerprint density at radius 3 is 2.40 bits per heavy atom. The highest BCUT2D eigenvalue weighted by atomic mass is 16.5. The molecule has 0 aromatic carbocycles. The van der Waals surface area contributed by atoms with E-state index in [-0.39, 0.29) is 5.91 Å². The van der Waals surface area contributed by atoms with Crippen molar-refractivity contribution < 1.29 is 9.53 Å². The highest BCUT2D eigenvalue weighted by molar-refractivity contribution is 5.93. The Kier molecular flexibility index (Phi) is 3.64. The number of carbonyl (C=O) groups is 1. The van der Waals surface area contributed by atoms with Gasteiger partial charge < -0.3 is 9.64 Å². The SMILES string of the molecule is O=C(c1cnc(-c2ccncc2)nc1)N1CCOCC1. The summed E-state index contributed by atoms with van der Waals surface area (Å²) in [5.41, 5.74) is 1.38. The topological polar surface area (TPSA) is 68.2 Å². The summed E-state index contributed by atoms with van der Waals surface area (Å²) in [4.78, 5) is 26.4. The van der Waals surface area contributed by atoms with E-state index in [0.29, 0.717) is 37.7 Å². The van der Waals surface area contributed by atoms with Gasteiger partial charge in [-0.05, 0) is 12.1 Å². The van der Waals surface area contributed by atoms with Crippen LogP contribution in [0.4, 0.5) is 0 Å². The van der Waals surface area contributed by atoms with Crippen molar-refractivity contribution in [2.24, 2.45) is 0 Å². The largest absolute Gasteiger partial charge is 0.378 e. The van der Waals surface area contributed by atoms with Crippen LogP contribution in [0.5, 0.6) is 0 Å². The number of hydrogen-bond donors (Lipinski definition) is 0. The summed E-state index contributed by atoms with van der Waals surface area (Å²) < 4.78 is 5.23. The minimum absolute atomic E-state index is 0.0467. The van der Waals surface area contributed by atoms with Gasteiger partial charge in [0, 0.05) is 43.4 Å². The summed E-state index contributed by atoms with van der Waals surface area (Å²) in [5.74, 6) is 0.542. The molecule has 3 heterocycles. The van der Waals surface area contributed by atoms with Gasteiger partial charge in [0.25, 0.3) is 5.91 Å². The molecule has 1 fully saturated rings. The third kappa shape index (κ3) is 2.65. The maximum atomic E-state index is 12.2. The molecule has 0 N–H and O–H groups in total. The van der Waals surface area contributed by atoms with Crippen LogP contribution < -0.4 is 0 Å². The molecule has 20 heavy (non-hydrogen) atoms. The molecule has 0 atom stereocenters. The number of pyridine rings is 1. The van der Waals surface area contributed by atoms with E-state index in [1.54, 1.807) is 29.7 Å². The molecule has 0 saturated carbocycles. The summed E-state index contributed by atoms with van der Waals surface area (Å²) in [6.45, 7) is 2.40. The van der Waals surface area contributed by atoms with Crippen LogP contribution in [0.2, 0.25) is 0 Å². The summed E-state index contributed by atoms with van der Waals surface area (Å²) in [6.07, 6.45) is 6.51. The van der Waals surface area contributed by atoms with Gasteiger partial charge in [0.2, 0.25) is 0 Å². The van der Waals surface area contributed by atoms with Crippen LogP contribution in [0.3, 0.4) is 0 Å². The zero-order valence-electron chi connectivity index (χ0n) is 10.9. The van der Waals surface area contributed by atoms with Crippen LogP contribution in [0.1, 0.15) is 10.4 Å². The van der Waals surface area contributed by atoms with Crippen molar-refractivity contribution in [3.8, 4) is 11.4 Å². The molecule has 6 nitrogen and oxygen atoms in total. The second-order valence-electron chi connectivity index (χ2n) is 4.44. The Hall–Kier alpha value is -2.34. The molecular weight excluding hydrogens is 256 g/mol. The Labute approximate surface area is 116 Å². The first-order valence-corrected chi connectivity index (χ1v) is 6.44. The third-order valence-electron chi connectivity index (χ3n) is 3.14. The van der Waals surface area contributed by atoms with E-state index >= 15 is 0 Å². The van der Waals surface area contributed by atoms with E-state index in [2.05, 4.69) is 15.0 Å². The lowest BCUT2D eigenvalue weighted by atomic mass is 10.2. The van der Waals surface area contributed by atoms with E-state index in [4.69, 9.17) is 4.74 Å². The number of morpholine rings is 1. The van der Waals surface area contributed by atoms with Gasteiger partial charge in [-0.25, -0.2) is 9.97 Å². The molecule has 0 spiro atoms. The quantitative estimate of drug-likeness (QED) is 0.814. The molecule has 3 rings (SSSR count). The zero-order valence-corrected chi connectivity index (χ0v) is 10.9. The number of hydrogen-bond acceptors (Lipinski definition) is 5. The average molecular weight is 270 g/mol. The molecule has 1 saturated heterocycles. The number of rotatable bonds is 2. The minimum atomic E-state index is -0.0467. The highest BCUT2D eigenvalue weighted by Gasteiger charge is 2.19. The molecule has 0 aliphatic carbocycles. The van der Waals surface area contributed by atoms with E-state index in [1.807, 2.05) is 12.1 Å².